The van der Waals surface area contributed by atoms with E-state index in [9.17, 15) is 38.4 Å². The Bertz CT molecular complexity index is 3780. The first-order valence-corrected chi connectivity index (χ1v) is 28.8. The molecular formula is C64H62O14S4+2. The molecule has 0 amide bonds. The number of rotatable bonds is 11. The summed E-state index contributed by atoms with van der Waals surface area (Å²) in [6.07, 6.45) is 0. The van der Waals surface area contributed by atoms with E-state index in [0.29, 0.717) is 57.9 Å². The summed E-state index contributed by atoms with van der Waals surface area (Å²) < 4.78 is 8.01. The van der Waals surface area contributed by atoms with Gasteiger partial charge in [0.1, 0.15) is 5.75 Å². The summed E-state index contributed by atoms with van der Waals surface area (Å²) >= 11 is 5.44. The Morgan fingerprint density at radius 1 is 0.390 bits per heavy atom. The van der Waals surface area contributed by atoms with Gasteiger partial charge in [0.25, 0.3) is 6.47 Å². The molecule has 5 N–H and O–H groups in total. The first kappa shape index (κ1) is 67.3. The molecular weight excluding hydrogens is 1120 g/mol. The Kier molecular flexibility index (Phi) is 28.7. The molecule has 10 rings (SSSR count). The number of carbonyl (C=O) groups excluding carboxylic acids is 1. The van der Waals surface area contributed by atoms with Crippen molar-refractivity contribution in [2.45, 2.75) is 75.0 Å². The zero-order valence-corrected chi connectivity index (χ0v) is 49.2. The third kappa shape index (κ3) is 18.8. The molecule has 0 saturated carbocycles. The zero-order valence-electron chi connectivity index (χ0n) is 47.9. The van der Waals surface area contributed by atoms with Crippen molar-refractivity contribution in [2.75, 3.05) is 0 Å². The molecule has 0 aliphatic heterocycles. The highest BCUT2D eigenvalue weighted by Crippen LogP contribution is 2.36. The minimum Gasteiger partial charge on any atom is -0.478 e. The highest BCUT2D eigenvalue weighted by Gasteiger charge is 2.14. The molecule has 2 heterocycles. The minimum atomic E-state index is -1.02. The van der Waals surface area contributed by atoms with Gasteiger partial charge in [-0.15, -0.1) is 22.7 Å². The standard InChI is InChI=1S/2C14H10O4S.2C14H8O3S.4C2H6/c15-13(16)9-4-3-5-10(8-9)19-12-7-2-1-6-11(12)14(17)18;15-9-18-12-7-6-10(14(16)17)8-13(12)19-11-4-2-1-3-5-11;2*15-13-9-3-1-2-4-11(9)18-12-7-8(14(16)17)5-6-10(12)13;4*1-2/h1-8H,(H,15,16)(H,17,18);1-9H,(H,16,17);2*1-7H,(H,16,17);4*1-2H3/p+2. The lowest BCUT2D eigenvalue weighted by Gasteiger charge is -2.08. The molecule has 14 nitrogen and oxygen atoms in total. The topological polar surface area (TPSA) is 247 Å². The van der Waals surface area contributed by atoms with E-state index in [1.165, 1.54) is 94.7 Å². The van der Waals surface area contributed by atoms with Crippen LogP contribution in [0.25, 0.3) is 40.3 Å². The Hall–Kier alpha value is -8.94. The maximum absolute atomic E-state index is 12.2. The second kappa shape index (κ2) is 34.9. The average molecular weight is 1180 g/mol. The van der Waals surface area contributed by atoms with Crippen LogP contribution in [0.4, 0.5) is 0 Å². The van der Waals surface area contributed by atoms with Gasteiger partial charge in [-0.2, -0.15) is 0 Å². The van der Waals surface area contributed by atoms with Crippen molar-refractivity contribution >= 4 is 123 Å². The maximum Gasteiger partial charge on any atom is 1.00 e. The number of hydrogen-bond donors (Lipinski definition) is 5. The van der Waals surface area contributed by atoms with Crippen LogP contribution in [0.5, 0.6) is 5.75 Å². The smallest absolute Gasteiger partial charge is 0.478 e. The fourth-order valence-electron chi connectivity index (χ4n) is 6.91. The second-order valence-corrected chi connectivity index (χ2v) is 19.6. The van der Waals surface area contributed by atoms with Crippen LogP contribution in [0.1, 0.15) is 110 Å². The number of carboxylic acids is 5. The first-order valence-electron chi connectivity index (χ1n) is 25.5. The van der Waals surface area contributed by atoms with Crippen LogP contribution in [-0.4, -0.2) is 61.9 Å². The molecule has 8 aromatic carbocycles. The Morgan fingerprint density at radius 3 is 1.26 bits per heavy atom. The second-order valence-electron chi connectivity index (χ2n) is 15.2. The number of benzene rings is 8. The number of ether oxygens (including phenoxy) is 1. The summed E-state index contributed by atoms with van der Waals surface area (Å²) in [5.41, 5.74) is 0.845. The molecule has 0 aliphatic rings. The number of aromatic carboxylic acids is 5. The predicted octanol–water partition coefficient (Wildman–Crippen LogP) is 16.9. The van der Waals surface area contributed by atoms with Crippen LogP contribution in [0, 0.1) is 0 Å². The number of hydrogen-bond acceptors (Lipinski definition) is 13. The first-order chi connectivity index (χ1) is 39.6. The zero-order chi connectivity index (χ0) is 60.9. The van der Waals surface area contributed by atoms with Gasteiger partial charge >= 0.3 is 32.7 Å². The van der Waals surface area contributed by atoms with Crippen molar-refractivity contribution in [3.63, 3.8) is 0 Å². The Labute approximate surface area is 492 Å². The largest absolute Gasteiger partial charge is 1.00 e. The molecule has 10 aromatic rings. The summed E-state index contributed by atoms with van der Waals surface area (Å²) in [6.45, 7) is 16.3. The highest BCUT2D eigenvalue weighted by molar-refractivity contribution is 7.99. The van der Waals surface area contributed by atoms with E-state index in [1.807, 2.05) is 122 Å². The lowest BCUT2D eigenvalue weighted by Crippen LogP contribution is -2.02. The molecule has 18 heteroatoms. The van der Waals surface area contributed by atoms with Gasteiger partial charge < -0.3 is 30.3 Å². The van der Waals surface area contributed by atoms with Crippen LogP contribution in [0.15, 0.2) is 211 Å². The molecule has 424 valence electrons. The van der Waals surface area contributed by atoms with Gasteiger partial charge in [-0.3, -0.25) is 14.4 Å². The molecule has 0 aliphatic carbocycles. The van der Waals surface area contributed by atoms with E-state index in [1.54, 1.807) is 66.7 Å². The molecule has 0 fully saturated rings. The summed E-state index contributed by atoms with van der Waals surface area (Å²) in [6, 6.07) is 50.7. The molecule has 0 unspecified atom stereocenters. The SMILES string of the molecule is CC.CC.CC.CC.O=C(O)c1ccc2c(=O)c3ccccc3sc2c1.O=C(O)c1ccc2c(=O)c3ccccc3sc2c1.O=C(O)c1cccc(Sc2ccccc2C(=O)O)c1.O=COc1ccc(C(=O)O)cc1Sc1ccccc1.[H+].[H+]. The summed E-state index contributed by atoms with van der Waals surface area (Å²) in [5, 5.41) is 47.4. The summed E-state index contributed by atoms with van der Waals surface area (Å²) in [5.74, 6) is -4.65. The Balaban J connectivity index is 0.000000533. The average Bonchev–Trinajstić information content (AvgIpc) is 2.22. The predicted molar refractivity (Wildman–Crippen MR) is 334 cm³/mol. The van der Waals surface area contributed by atoms with E-state index in [2.05, 4.69) is 0 Å². The summed E-state index contributed by atoms with van der Waals surface area (Å²) in [4.78, 5) is 92.4. The van der Waals surface area contributed by atoms with Crippen molar-refractivity contribution in [3.05, 3.63) is 230 Å². The lowest BCUT2D eigenvalue weighted by molar-refractivity contribution is -0.120. The third-order valence-electron chi connectivity index (χ3n) is 10.4. The monoisotopic (exact) mass is 1180 g/mol. The summed E-state index contributed by atoms with van der Waals surface area (Å²) in [7, 11) is 0. The number of fused-ring (bicyclic) bond motifs is 4. The van der Waals surface area contributed by atoms with Crippen LogP contribution in [-0.2, 0) is 4.79 Å². The van der Waals surface area contributed by atoms with E-state index in [4.69, 9.17) is 30.3 Å². The third-order valence-corrected chi connectivity index (χ3v) is 14.8. The normalized spacial score (nSPS) is 9.71. The molecule has 0 atom stereocenters. The van der Waals surface area contributed by atoms with Crippen LogP contribution >= 0.6 is 46.2 Å². The molecule has 0 saturated heterocycles. The van der Waals surface area contributed by atoms with E-state index in [-0.39, 0.29) is 41.5 Å². The van der Waals surface area contributed by atoms with Gasteiger partial charge in [0.15, 0.2) is 10.9 Å². The minimum absolute atomic E-state index is 0. The highest BCUT2D eigenvalue weighted by atomic mass is 32.2. The van der Waals surface area contributed by atoms with Crippen LogP contribution in [0.2, 0.25) is 0 Å². The van der Waals surface area contributed by atoms with Gasteiger partial charge in [0, 0.05) is 55.0 Å². The van der Waals surface area contributed by atoms with Crippen molar-refractivity contribution in [2.24, 2.45) is 0 Å². The van der Waals surface area contributed by atoms with Crippen LogP contribution < -0.4 is 15.6 Å². The fraction of sp³-hybridized carbons (Fsp3) is 0.125. The van der Waals surface area contributed by atoms with Gasteiger partial charge in [0.05, 0.1) is 32.7 Å². The fourth-order valence-corrected chi connectivity index (χ4v) is 11.1. The quantitative estimate of drug-likeness (QED) is 0.0597. The van der Waals surface area contributed by atoms with Crippen molar-refractivity contribution in [1.82, 2.24) is 0 Å². The molecule has 82 heavy (non-hydrogen) atoms. The van der Waals surface area contributed by atoms with Gasteiger partial charge in [0.2, 0.25) is 0 Å². The number of carboxylic acid groups (broad SMARTS) is 5. The molecule has 0 spiro atoms. The van der Waals surface area contributed by atoms with E-state index < -0.39 is 29.8 Å². The molecule has 2 aromatic heterocycles. The van der Waals surface area contributed by atoms with Gasteiger partial charge in [-0.25, -0.2) is 24.0 Å². The van der Waals surface area contributed by atoms with Crippen molar-refractivity contribution in [3.8, 4) is 5.75 Å². The van der Waals surface area contributed by atoms with E-state index >= 15 is 0 Å². The number of carbonyl (C=O) groups is 6. The van der Waals surface area contributed by atoms with Crippen molar-refractivity contribution < 1.29 is 61.9 Å². The van der Waals surface area contributed by atoms with Crippen LogP contribution in [0.3, 0.4) is 0 Å². The van der Waals surface area contributed by atoms with Gasteiger partial charge in [-0.1, -0.05) is 140 Å². The molecule has 0 radical (unpaired) electrons. The molecule has 0 bridgehead atoms. The van der Waals surface area contributed by atoms with Gasteiger partial charge in [-0.05, 0) is 121 Å². The van der Waals surface area contributed by atoms with E-state index in [0.717, 1.165) is 14.3 Å². The Morgan fingerprint density at radius 2 is 0.780 bits per heavy atom. The lowest BCUT2D eigenvalue weighted by atomic mass is 10.1. The van der Waals surface area contributed by atoms with Crippen molar-refractivity contribution in [1.29, 1.82) is 0 Å². The maximum atomic E-state index is 12.2.